The quantitative estimate of drug-likeness (QED) is 0.0348. The van der Waals surface area contributed by atoms with Crippen molar-refractivity contribution in [2.45, 2.75) is 272 Å². The maximum atomic E-state index is 13.6. The number of aromatic nitrogens is 3. The van der Waals surface area contributed by atoms with Crippen LogP contribution in [0, 0.1) is 0 Å². The zero-order valence-electron chi connectivity index (χ0n) is 46.2. The molecule has 0 bridgehead atoms. The van der Waals surface area contributed by atoms with Gasteiger partial charge >= 0.3 is 35.0 Å². The Kier molecular flexibility index (Phi) is 48.1. The van der Waals surface area contributed by atoms with Gasteiger partial charge < -0.3 is 14.2 Å². The van der Waals surface area contributed by atoms with E-state index in [0.717, 1.165) is 67.5 Å². The van der Waals surface area contributed by atoms with Gasteiger partial charge in [-0.1, -0.05) is 175 Å². The highest BCUT2D eigenvalue weighted by Gasteiger charge is 2.18. The van der Waals surface area contributed by atoms with Crippen LogP contribution in [0.1, 0.15) is 252 Å². The number of thioether (sulfide) groups is 3. The van der Waals surface area contributed by atoms with Crippen molar-refractivity contribution in [2.24, 2.45) is 0 Å². The van der Waals surface area contributed by atoms with Crippen molar-refractivity contribution >= 4 is 53.2 Å². The van der Waals surface area contributed by atoms with Crippen molar-refractivity contribution in [1.29, 1.82) is 0 Å². The first-order valence-corrected chi connectivity index (χ1v) is 32.9. The third-order valence-corrected chi connectivity index (χ3v) is 16.5. The van der Waals surface area contributed by atoms with Crippen molar-refractivity contribution in [3.8, 4) is 0 Å². The zero-order chi connectivity index (χ0) is 52.4. The highest BCUT2D eigenvalue weighted by Crippen LogP contribution is 2.16. The van der Waals surface area contributed by atoms with Gasteiger partial charge in [-0.25, -0.2) is 28.1 Å². The summed E-state index contributed by atoms with van der Waals surface area (Å²) in [7, 11) is 0. The van der Waals surface area contributed by atoms with E-state index in [2.05, 4.69) is 20.8 Å². The highest BCUT2D eigenvalue weighted by molar-refractivity contribution is 7.99. The van der Waals surface area contributed by atoms with Gasteiger partial charge in [0.05, 0.1) is 19.6 Å². The first-order chi connectivity index (χ1) is 35.3. The van der Waals surface area contributed by atoms with Gasteiger partial charge in [0, 0.05) is 19.3 Å². The molecule has 420 valence electrons. The molecule has 0 N–H and O–H groups in total. The van der Waals surface area contributed by atoms with Gasteiger partial charge in [0.2, 0.25) is 0 Å². The summed E-state index contributed by atoms with van der Waals surface area (Å²) in [5.74, 6) is 5.15. The molecule has 0 unspecified atom stereocenters. The first kappa shape index (κ1) is 67.9. The molecule has 72 heavy (non-hydrogen) atoms. The Morgan fingerprint density at radius 1 is 0.306 bits per heavy atom. The molecule has 15 heteroatoms. The standard InChI is InChI=1S/C57H105N3O9S3/c1-4-7-10-13-16-19-22-25-31-46-70-49-34-28-37-52(61)67-43-40-58-55(64)59(41-44-68-53(62)38-29-35-50-71-47-32-26-23-20-17-14-11-8-5-2)57(66)60(56(58)65)42-45-69-54(63)39-30-36-51-72-48-33-27-24-21-18-15-12-9-6-3/h4-51H2,1-3H3. The van der Waals surface area contributed by atoms with Crippen molar-refractivity contribution in [3.63, 3.8) is 0 Å². The Morgan fingerprint density at radius 2 is 0.500 bits per heavy atom. The summed E-state index contributed by atoms with van der Waals surface area (Å²) >= 11 is 5.77. The normalized spacial score (nSPS) is 11.4. The molecule has 0 spiro atoms. The molecule has 0 radical (unpaired) electrons. The molecule has 1 rings (SSSR count). The van der Waals surface area contributed by atoms with E-state index in [4.69, 9.17) is 14.2 Å². The smallest absolute Gasteiger partial charge is 0.336 e. The number of hydrogen-bond donors (Lipinski definition) is 0. The molecular weight excluding hydrogens is 967 g/mol. The Bertz CT molecular complexity index is 1420. The molecule has 0 aromatic carbocycles. The lowest BCUT2D eigenvalue weighted by molar-refractivity contribution is -0.144. The molecule has 0 atom stereocenters. The van der Waals surface area contributed by atoms with Crippen LogP contribution in [0.25, 0.3) is 0 Å². The molecule has 1 aromatic heterocycles. The minimum atomic E-state index is -0.881. The Morgan fingerprint density at radius 3 is 0.722 bits per heavy atom. The first-order valence-electron chi connectivity index (χ1n) is 29.4. The second-order valence-electron chi connectivity index (χ2n) is 19.7. The lowest BCUT2D eigenvalue weighted by atomic mass is 10.1. The lowest BCUT2D eigenvalue weighted by Crippen LogP contribution is -2.55. The fourth-order valence-electron chi connectivity index (χ4n) is 8.50. The molecule has 0 aliphatic carbocycles. The number of rotatable bonds is 54. The SMILES string of the molecule is CCCCCCCCCCCSCCCCC(=O)OCCn1c(=O)n(CCOC(=O)CCCCSCCCCCCCCCCC)c(=O)n(CCOC(=O)CCCCSCCCCCCCCCCC)c1=O. The van der Waals surface area contributed by atoms with Crippen LogP contribution in [0.15, 0.2) is 14.4 Å². The zero-order valence-corrected chi connectivity index (χ0v) is 48.6. The maximum absolute atomic E-state index is 13.6. The van der Waals surface area contributed by atoms with Crippen molar-refractivity contribution in [3.05, 3.63) is 31.5 Å². The van der Waals surface area contributed by atoms with E-state index in [1.807, 2.05) is 35.3 Å². The average Bonchev–Trinajstić information content (AvgIpc) is 3.37. The molecule has 0 aliphatic heterocycles. The number of carbonyl (C=O) groups is 3. The van der Waals surface area contributed by atoms with E-state index < -0.39 is 35.0 Å². The Hall–Kier alpha value is -2.13. The molecular formula is C57H105N3O9S3. The lowest BCUT2D eigenvalue weighted by Gasteiger charge is -2.14. The minimum Gasteiger partial charge on any atom is -0.464 e. The molecule has 0 saturated carbocycles. The van der Waals surface area contributed by atoms with Gasteiger partial charge in [-0.3, -0.25) is 14.4 Å². The summed E-state index contributed by atoms with van der Waals surface area (Å²) in [6.07, 6.45) is 41.0. The Labute approximate surface area is 450 Å². The second kappa shape index (κ2) is 51.0. The summed E-state index contributed by atoms with van der Waals surface area (Å²) in [4.78, 5) is 78.6. The molecule has 1 heterocycles. The van der Waals surface area contributed by atoms with Crippen LogP contribution in [0.4, 0.5) is 0 Å². The van der Waals surface area contributed by atoms with Gasteiger partial charge in [0.15, 0.2) is 0 Å². The van der Waals surface area contributed by atoms with Crippen LogP contribution < -0.4 is 17.1 Å². The molecule has 0 amide bonds. The topological polar surface area (TPSA) is 145 Å². The minimum absolute atomic E-state index is 0.224. The third-order valence-electron chi connectivity index (χ3n) is 13.1. The van der Waals surface area contributed by atoms with E-state index in [-0.39, 0.29) is 58.7 Å². The molecule has 0 saturated heterocycles. The van der Waals surface area contributed by atoms with Crippen molar-refractivity contribution in [2.75, 3.05) is 54.3 Å². The summed E-state index contributed by atoms with van der Waals surface area (Å²) in [5.41, 5.74) is -2.64. The van der Waals surface area contributed by atoms with Crippen LogP contribution in [0.3, 0.4) is 0 Å². The average molecular weight is 1070 g/mol. The monoisotopic (exact) mass is 1070 g/mol. The number of hydrogen-bond acceptors (Lipinski definition) is 12. The van der Waals surface area contributed by atoms with Crippen LogP contribution in [-0.4, -0.2) is 85.9 Å². The van der Waals surface area contributed by atoms with Crippen LogP contribution in [-0.2, 0) is 48.2 Å². The fourth-order valence-corrected chi connectivity index (χ4v) is 11.6. The van der Waals surface area contributed by atoms with E-state index in [1.165, 1.54) is 173 Å². The number of nitrogens with zero attached hydrogens (tertiary/aromatic N) is 3. The van der Waals surface area contributed by atoms with Gasteiger partial charge in [-0.15, -0.1) is 0 Å². The predicted octanol–water partition coefficient (Wildman–Crippen LogP) is 14.1. The number of esters is 3. The molecule has 12 nitrogen and oxygen atoms in total. The summed E-state index contributed by atoms with van der Waals surface area (Å²) < 4.78 is 18.9. The summed E-state index contributed by atoms with van der Waals surface area (Å²) in [6, 6.07) is 0. The largest absolute Gasteiger partial charge is 0.464 e. The van der Waals surface area contributed by atoms with Crippen molar-refractivity contribution < 1.29 is 28.6 Å². The Balaban J connectivity index is 2.59. The van der Waals surface area contributed by atoms with Gasteiger partial charge in [-0.2, -0.15) is 35.3 Å². The fraction of sp³-hybridized carbons (Fsp3) is 0.895. The van der Waals surface area contributed by atoms with E-state index in [0.29, 0.717) is 19.3 Å². The predicted molar refractivity (Wildman–Crippen MR) is 307 cm³/mol. The van der Waals surface area contributed by atoms with Crippen molar-refractivity contribution in [1.82, 2.24) is 13.7 Å². The van der Waals surface area contributed by atoms with Crippen LogP contribution in [0.5, 0.6) is 0 Å². The number of carbonyl (C=O) groups excluding carboxylic acids is 3. The summed E-state index contributed by atoms with van der Waals surface area (Å²) in [6.45, 7) is 5.30. The van der Waals surface area contributed by atoms with Gasteiger partial charge in [0.1, 0.15) is 19.8 Å². The third kappa shape index (κ3) is 39.3. The molecule has 0 fully saturated rings. The van der Waals surface area contributed by atoms with E-state index in [9.17, 15) is 28.8 Å². The van der Waals surface area contributed by atoms with Gasteiger partial charge in [-0.05, 0) is 92.3 Å². The van der Waals surface area contributed by atoms with E-state index >= 15 is 0 Å². The highest BCUT2D eigenvalue weighted by atomic mass is 32.2. The maximum Gasteiger partial charge on any atom is 0.336 e. The van der Waals surface area contributed by atoms with Crippen LogP contribution in [0.2, 0.25) is 0 Å². The number of unbranched alkanes of at least 4 members (excludes halogenated alkanes) is 27. The summed E-state index contributed by atoms with van der Waals surface area (Å²) in [5, 5.41) is 0. The second-order valence-corrected chi connectivity index (χ2v) is 23.3. The molecule has 1 aromatic rings. The van der Waals surface area contributed by atoms with E-state index in [1.54, 1.807) is 0 Å². The van der Waals surface area contributed by atoms with Gasteiger partial charge in [0.25, 0.3) is 0 Å². The van der Waals surface area contributed by atoms with Crippen LogP contribution >= 0.6 is 35.3 Å². The molecule has 0 aliphatic rings. The number of ether oxygens (including phenoxy) is 3.